The Balaban J connectivity index is 1.11. The minimum absolute atomic E-state index is 0.896. The third kappa shape index (κ3) is 3.73. The van der Waals surface area contributed by atoms with Crippen molar-refractivity contribution in [3.05, 3.63) is 146 Å². The number of aromatic nitrogens is 2. The Morgan fingerprint density at radius 3 is 2.11 bits per heavy atom. The quantitative estimate of drug-likeness (QED) is 0.204. The molecular weight excluding hydrogens is 569 g/mol. The number of furan rings is 1. The summed E-state index contributed by atoms with van der Waals surface area (Å²) in [6.07, 6.45) is 0. The third-order valence-corrected chi connectivity index (χ3v) is 10.1. The molecule has 3 aromatic heterocycles. The van der Waals surface area contributed by atoms with E-state index in [4.69, 9.17) is 9.40 Å². The summed E-state index contributed by atoms with van der Waals surface area (Å²) in [5.41, 5.74) is 9.83. The Kier molecular flexibility index (Phi) is 5.16. The smallest absolute Gasteiger partial charge is 0.137 e. The van der Waals surface area contributed by atoms with Crippen molar-refractivity contribution in [2.45, 2.75) is 0 Å². The molecule has 3 nitrogen and oxygen atoms in total. The molecule has 0 amide bonds. The fourth-order valence-corrected chi connectivity index (χ4v) is 7.99. The molecule has 4 heteroatoms. The minimum atomic E-state index is 0.896. The van der Waals surface area contributed by atoms with E-state index in [9.17, 15) is 0 Å². The van der Waals surface area contributed by atoms with Crippen LogP contribution in [0.5, 0.6) is 0 Å². The standard InChI is InChI=1S/C41H24N2OS/c1-2-8-25(9-3-1)29-16-20-37-33(23-29)39-38(44-37)21-19-34-40(39)45-41(42-34)26-14-17-30(18-15-26)43-35-13-7-6-12-31(35)32-22-27-10-4-5-11-28(27)24-36(32)43/h1-24H. The summed E-state index contributed by atoms with van der Waals surface area (Å²) in [5.74, 6) is 0. The molecule has 0 unspecified atom stereocenters. The van der Waals surface area contributed by atoms with Crippen LogP contribution in [-0.2, 0) is 0 Å². The van der Waals surface area contributed by atoms with E-state index in [1.165, 1.54) is 43.7 Å². The first-order chi connectivity index (χ1) is 22.3. The van der Waals surface area contributed by atoms with Gasteiger partial charge in [0.25, 0.3) is 0 Å². The van der Waals surface area contributed by atoms with Crippen LogP contribution in [0.25, 0.3) is 92.1 Å². The van der Waals surface area contributed by atoms with Gasteiger partial charge in [0.1, 0.15) is 16.2 Å². The molecule has 0 atom stereocenters. The Bertz CT molecular complexity index is 2750. The van der Waals surface area contributed by atoms with E-state index in [0.29, 0.717) is 0 Å². The predicted molar refractivity (Wildman–Crippen MR) is 190 cm³/mol. The molecule has 10 aromatic rings. The first-order valence-electron chi connectivity index (χ1n) is 15.1. The molecular formula is C41H24N2OS. The molecule has 0 spiro atoms. The average molecular weight is 593 g/mol. The van der Waals surface area contributed by atoms with Gasteiger partial charge in [0.15, 0.2) is 0 Å². The lowest BCUT2D eigenvalue weighted by Crippen LogP contribution is -1.93. The number of thiazole rings is 1. The Morgan fingerprint density at radius 2 is 1.24 bits per heavy atom. The molecule has 7 aromatic carbocycles. The van der Waals surface area contributed by atoms with Gasteiger partial charge in [0.05, 0.1) is 21.3 Å². The monoisotopic (exact) mass is 592 g/mol. The predicted octanol–water partition coefficient (Wildman–Crippen LogP) is 11.8. The van der Waals surface area contributed by atoms with E-state index in [0.717, 1.165) is 48.4 Å². The van der Waals surface area contributed by atoms with Crippen LogP contribution in [-0.4, -0.2) is 9.55 Å². The largest absolute Gasteiger partial charge is 0.456 e. The number of hydrogen-bond donors (Lipinski definition) is 0. The summed E-state index contributed by atoms with van der Waals surface area (Å²) in [7, 11) is 0. The van der Waals surface area contributed by atoms with Crippen LogP contribution in [0.1, 0.15) is 0 Å². The molecule has 0 aliphatic carbocycles. The van der Waals surface area contributed by atoms with Gasteiger partial charge in [-0.2, -0.15) is 0 Å². The molecule has 0 aliphatic heterocycles. The first-order valence-corrected chi connectivity index (χ1v) is 15.9. The number of rotatable bonds is 3. The second kappa shape index (κ2) is 9.39. The molecule has 0 bridgehead atoms. The molecule has 0 N–H and O–H groups in total. The van der Waals surface area contributed by atoms with Gasteiger partial charge in [0, 0.05) is 32.8 Å². The van der Waals surface area contributed by atoms with Crippen molar-refractivity contribution in [2.75, 3.05) is 0 Å². The highest BCUT2D eigenvalue weighted by Crippen LogP contribution is 2.41. The van der Waals surface area contributed by atoms with E-state index in [-0.39, 0.29) is 0 Å². The van der Waals surface area contributed by atoms with Crippen molar-refractivity contribution in [1.82, 2.24) is 9.55 Å². The maximum Gasteiger partial charge on any atom is 0.137 e. The minimum Gasteiger partial charge on any atom is -0.456 e. The van der Waals surface area contributed by atoms with Crippen LogP contribution in [0.3, 0.4) is 0 Å². The Labute approximate surface area is 262 Å². The molecule has 0 saturated carbocycles. The van der Waals surface area contributed by atoms with Gasteiger partial charge < -0.3 is 8.98 Å². The van der Waals surface area contributed by atoms with Crippen LogP contribution in [0, 0.1) is 0 Å². The van der Waals surface area contributed by atoms with Gasteiger partial charge in [-0.05, 0) is 88.6 Å². The second-order valence-electron chi connectivity index (χ2n) is 11.6. The van der Waals surface area contributed by atoms with Crippen molar-refractivity contribution in [1.29, 1.82) is 0 Å². The maximum absolute atomic E-state index is 6.30. The second-order valence-corrected chi connectivity index (χ2v) is 12.6. The van der Waals surface area contributed by atoms with Crippen LogP contribution < -0.4 is 0 Å². The number of fused-ring (bicyclic) bond motifs is 9. The van der Waals surface area contributed by atoms with E-state index in [1.807, 2.05) is 0 Å². The summed E-state index contributed by atoms with van der Waals surface area (Å²) in [4.78, 5) is 5.10. The van der Waals surface area contributed by atoms with E-state index in [2.05, 4.69) is 150 Å². The fraction of sp³-hybridized carbons (Fsp3) is 0. The van der Waals surface area contributed by atoms with Gasteiger partial charge in [-0.1, -0.05) is 78.9 Å². The van der Waals surface area contributed by atoms with Crippen molar-refractivity contribution in [2.24, 2.45) is 0 Å². The highest BCUT2D eigenvalue weighted by Gasteiger charge is 2.17. The SMILES string of the molecule is c1ccc(-c2ccc3oc4ccc5nc(-c6ccc(-n7c8ccccc8c8cc9ccccc9cc87)cc6)sc5c4c3c2)cc1. The number of nitrogens with zero attached hydrogens (tertiary/aromatic N) is 2. The topological polar surface area (TPSA) is 31.0 Å². The van der Waals surface area contributed by atoms with Crippen molar-refractivity contribution in [3.63, 3.8) is 0 Å². The Morgan fingerprint density at radius 1 is 0.511 bits per heavy atom. The van der Waals surface area contributed by atoms with Crippen LogP contribution in [0.2, 0.25) is 0 Å². The Hall–Kier alpha value is -5.71. The highest BCUT2D eigenvalue weighted by atomic mass is 32.1. The molecule has 0 fully saturated rings. The summed E-state index contributed by atoms with van der Waals surface area (Å²) in [5, 5.41) is 8.31. The van der Waals surface area contributed by atoms with Crippen molar-refractivity contribution >= 4 is 76.1 Å². The molecule has 0 radical (unpaired) electrons. The number of hydrogen-bond acceptors (Lipinski definition) is 3. The number of para-hydroxylation sites is 1. The highest BCUT2D eigenvalue weighted by molar-refractivity contribution is 7.22. The summed E-state index contributed by atoms with van der Waals surface area (Å²) in [6.45, 7) is 0. The van der Waals surface area contributed by atoms with Crippen molar-refractivity contribution < 1.29 is 4.42 Å². The zero-order chi connectivity index (χ0) is 29.5. The molecule has 0 saturated heterocycles. The van der Waals surface area contributed by atoms with Gasteiger partial charge >= 0.3 is 0 Å². The zero-order valence-corrected chi connectivity index (χ0v) is 24.9. The lowest BCUT2D eigenvalue weighted by atomic mass is 10.0. The average Bonchev–Trinajstić information content (AvgIpc) is 3.79. The van der Waals surface area contributed by atoms with Crippen molar-refractivity contribution in [3.8, 4) is 27.4 Å². The summed E-state index contributed by atoms with van der Waals surface area (Å²) >= 11 is 1.73. The lowest BCUT2D eigenvalue weighted by molar-refractivity contribution is 0.669. The fourth-order valence-electron chi connectivity index (χ4n) is 6.87. The third-order valence-electron chi connectivity index (χ3n) is 9.01. The first kappa shape index (κ1) is 24.7. The van der Waals surface area contributed by atoms with E-state index in [1.54, 1.807) is 11.3 Å². The number of benzene rings is 7. The summed E-state index contributed by atoms with van der Waals surface area (Å²) < 4.78 is 9.83. The summed E-state index contributed by atoms with van der Waals surface area (Å²) in [6, 6.07) is 51.9. The zero-order valence-electron chi connectivity index (χ0n) is 24.1. The lowest BCUT2D eigenvalue weighted by Gasteiger charge is -2.09. The maximum atomic E-state index is 6.30. The van der Waals surface area contributed by atoms with Gasteiger partial charge in [-0.3, -0.25) is 0 Å². The van der Waals surface area contributed by atoms with Crippen LogP contribution in [0.15, 0.2) is 150 Å². The molecule has 0 aliphatic rings. The van der Waals surface area contributed by atoms with E-state index >= 15 is 0 Å². The van der Waals surface area contributed by atoms with Gasteiger partial charge in [-0.25, -0.2) is 4.98 Å². The molecule has 45 heavy (non-hydrogen) atoms. The molecule has 3 heterocycles. The normalized spacial score (nSPS) is 12.0. The van der Waals surface area contributed by atoms with Gasteiger partial charge in [-0.15, -0.1) is 11.3 Å². The van der Waals surface area contributed by atoms with Gasteiger partial charge in [0.2, 0.25) is 0 Å². The van der Waals surface area contributed by atoms with Crippen LogP contribution >= 0.6 is 11.3 Å². The molecule has 10 rings (SSSR count). The molecule has 210 valence electrons. The van der Waals surface area contributed by atoms with E-state index < -0.39 is 0 Å². The van der Waals surface area contributed by atoms with Crippen LogP contribution in [0.4, 0.5) is 0 Å².